The van der Waals surface area contributed by atoms with Gasteiger partial charge in [0.15, 0.2) is 5.96 Å². The van der Waals surface area contributed by atoms with E-state index in [9.17, 15) is 4.79 Å². The molecule has 3 rings (SSSR count). The van der Waals surface area contributed by atoms with Gasteiger partial charge in [0.25, 0.3) is 0 Å². The number of piperidine rings is 2. The number of likely N-dealkylation sites (tertiary alicyclic amines) is 2. The number of guanidine groups is 1. The molecule has 0 spiro atoms. The first kappa shape index (κ1) is 26.9. The Hall–Kier alpha value is -1.35. The Morgan fingerprint density at radius 1 is 1.12 bits per heavy atom. The van der Waals surface area contributed by atoms with Crippen LogP contribution < -0.4 is 5.32 Å². The molecule has 7 heteroatoms. The number of hydrogen-bond acceptors (Lipinski definition) is 4. The van der Waals surface area contributed by atoms with Crippen molar-refractivity contribution in [1.29, 1.82) is 0 Å². The molecule has 2 unspecified atom stereocenters. The lowest BCUT2D eigenvalue weighted by Gasteiger charge is -2.48. The van der Waals surface area contributed by atoms with Gasteiger partial charge in [-0.05, 0) is 50.1 Å². The number of unbranched alkanes of at least 4 members (excludes halogenated alkanes) is 3. The Balaban J connectivity index is 0.00000363. The quantitative estimate of drug-likeness (QED) is 0.162. The molecular weight excluding hydrogens is 515 g/mol. The van der Waals surface area contributed by atoms with Gasteiger partial charge in [-0.1, -0.05) is 43.2 Å². The molecule has 1 N–H and O–H groups in total. The average Bonchev–Trinajstić information content (AvgIpc) is 2.81. The third-order valence-corrected chi connectivity index (χ3v) is 6.74. The molecule has 2 atom stereocenters. The predicted molar refractivity (Wildman–Crippen MR) is 141 cm³/mol. The van der Waals surface area contributed by atoms with Gasteiger partial charge in [0.1, 0.15) is 0 Å². The molecule has 0 bridgehead atoms. The van der Waals surface area contributed by atoms with Gasteiger partial charge in [-0.25, -0.2) is 0 Å². The van der Waals surface area contributed by atoms with Crippen LogP contribution in [0.15, 0.2) is 35.3 Å². The SMILES string of the molecule is CN=C(NCCCCCCC(=O)OC)N1CCC2C(CCCN2Cc2ccccc2)C1.I. The zero-order chi connectivity index (χ0) is 21.9. The van der Waals surface area contributed by atoms with E-state index >= 15 is 0 Å². The van der Waals surface area contributed by atoms with Gasteiger partial charge in [0, 0.05) is 45.7 Å². The summed E-state index contributed by atoms with van der Waals surface area (Å²) in [6.07, 6.45) is 8.57. The van der Waals surface area contributed by atoms with Crippen molar-refractivity contribution in [1.82, 2.24) is 15.1 Å². The summed E-state index contributed by atoms with van der Waals surface area (Å²) in [5, 5.41) is 3.57. The molecule has 2 aliphatic rings. The molecule has 1 aromatic rings. The van der Waals surface area contributed by atoms with Crippen molar-refractivity contribution in [3.05, 3.63) is 35.9 Å². The van der Waals surface area contributed by atoms with E-state index in [1.54, 1.807) is 0 Å². The van der Waals surface area contributed by atoms with Crippen LogP contribution >= 0.6 is 24.0 Å². The Bertz CT molecular complexity index is 700. The van der Waals surface area contributed by atoms with Crippen LogP contribution in [0, 0.1) is 5.92 Å². The first-order valence-electron chi connectivity index (χ1n) is 12.0. The van der Waals surface area contributed by atoms with E-state index < -0.39 is 0 Å². The number of esters is 1. The van der Waals surface area contributed by atoms with Gasteiger partial charge in [0.2, 0.25) is 0 Å². The molecule has 2 fully saturated rings. The smallest absolute Gasteiger partial charge is 0.305 e. The number of benzene rings is 1. The summed E-state index contributed by atoms with van der Waals surface area (Å²) < 4.78 is 4.69. The molecule has 2 saturated heterocycles. The summed E-state index contributed by atoms with van der Waals surface area (Å²) in [5.74, 6) is 1.67. The molecule has 0 radical (unpaired) electrons. The zero-order valence-electron chi connectivity index (χ0n) is 19.8. The fourth-order valence-electron chi connectivity index (χ4n) is 5.10. The summed E-state index contributed by atoms with van der Waals surface area (Å²) in [4.78, 5) is 20.9. The number of methoxy groups -OCH3 is 1. The van der Waals surface area contributed by atoms with Crippen LogP contribution in [0.1, 0.15) is 56.9 Å². The monoisotopic (exact) mass is 556 g/mol. The number of rotatable bonds is 9. The molecule has 0 saturated carbocycles. The van der Waals surface area contributed by atoms with Crippen molar-refractivity contribution in [2.45, 2.75) is 64.0 Å². The second-order valence-electron chi connectivity index (χ2n) is 8.87. The number of carbonyl (C=O) groups is 1. The maximum Gasteiger partial charge on any atom is 0.305 e. The third kappa shape index (κ3) is 8.21. The Kier molecular flexibility index (Phi) is 12.4. The largest absolute Gasteiger partial charge is 0.469 e. The number of carbonyl (C=O) groups excluding carboxylic acids is 1. The molecule has 2 aliphatic heterocycles. The van der Waals surface area contributed by atoms with E-state index in [1.807, 2.05) is 7.05 Å². The number of nitrogens with zero attached hydrogens (tertiary/aromatic N) is 3. The Morgan fingerprint density at radius 2 is 1.91 bits per heavy atom. The van der Waals surface area contributed by atoms with Crippen molar-refractivity contribution in [2.75, 3.05) is 40.3 Å². The molecule has 180 valence electrons. The lowest BCUT2D eigenvalue weighted by atomic mass is 9.83. The summed E-state index contributed by atoms with van der Waals surface area (Å²) >= 11 is 0. The minimum Gasteiger partial charge on any atom is -0.469 e. The van der Waals surface area contributed by atoms with Crippen molar-refractivity contribution in [3.63, 3.8) is 0 Å². The fourth-order valence-corrected chi connectivity index (χ4v) is 5.10. The first-order chi connectivity index (χ1) is 15.2. The van der Waals surface area contributed by atoms with Gasteiger partial charge in [0.05, 0.1) is 7.11 Å². The molecule has 0 aliphatic carbocycles. The molecule has 32 heavy (non-hydrogen) atoms. The van der Waals surface area contributed by atoms with E-state index in [1.165, 1.54) is 38.5 Å². The van der Waals surface area contributed by atoms with Gasteiger partial charge >= 0.3 is 5.97 Å². The summed E-state index contributed by atoms with van der Waals surface area (Å²) in [6, 6.07) is 11.6. The predicted octanol–water partition coefficient (Wildman–Crippen LogP) is 4.29. The topological polar surface area (TPSA) is 57.2 Å². The number of nitrogens with one attached hydrogen (secondary N) is 1. The van der Waals surface area contributed by atoms with Crippen LogP contribution in [0.4, 0.5) is 0 Å². The molecule has 0 aromatic heterocycles. The second kappa shape index (κ2) is 14.7. The zero-order valence-corrected chi connectivity index (χ0v) is 22.1. The Labute approximate surface area is 211 Å². The highest BCUT2D eigenvalue weighted by molar-refractivity contribution is 14.0. The van der Waals surface area contributed by atoms with E-state index in [2.05, 4.69) is 55.2 Å². The lowest BCUT2D eigenvalue weighted by Crippen LogP contribution is -2.56. The third-order valence-electron chi connectivity index (χ3n) is 6.74. The van der Waals surface area contributed by atoms with Crippen molar-refractivity contribution >= 4 is 35.9 Å². The minimum atomic E-state index is -0.105. The van der Waals surface area contributed by atoms with Crippen molar-refractivity contribution in [2.24, 2.45) is 10.9 Å². The number of halogens is 1. The number of fused-ring (bicyclic) bond motifs is 1. The summed E-state index contributed by atoms with van der Waals surface area (Å²) in [6.45, 7) is 5.42. The van der Waals surface area contributed by atoms with Crippen LogP contribution in [-0.4, -0.2) is 68.1 Å². The standard InChI is InChI=1S/C25H40N4O2.HI/c1-26-25(27-16-9-4-3-8-14-24(30)31-2)29-18-15-23-22(20-29)13-10-17-28(23)19-21-11-6-5-7-12-21;/h5-7,11-12,22-23H,3-4,8-10,13-20H2,1-2H3,(H,26,27);1H. The summed E-state index contributed by atoms with van der Waals surface area (Å²) in [5.41, 5.74) is 1.43. The van der Waals surface area contributed by atoms with Gasteiger partial charge in [-0.15, -0.1) is 24.0 Å². The molecule has 0 amide bonds. The molecular formula is C25H41IN4O2. The van der Waals surface area contributed by atoms with Crippen LogP contribution in [0.25, 0.3) is 0 Å². The van der Waals surface area contributed by atoms with E-state index in [4.69, 9.17) is 0 Å². The molecule has 1 aromatic carbocycles. The van der Waals surface area contributed by atoms with Crippen molar-refractivity contribution in [3.8, 4) is 0 Å². The maximum atomic E-state index is 11.2. The highest BCUT2D eigenvalue weighted by Crippen LogP contribution is 2.31. The van der Waals surface area contributed by atoms with Gasteiger partial charge in [-0.2, -0.15) is 0 Å². The van der Waals surface area contributed by atoms with Gasteiger partial charge in [-0.3, -0.25) is 14.7 Å². The van der Waals surface area contributed by atoms with Crippen LogP contribution in [0.3, 0.4) is 0 Å². The number of aliphatic imine (C=N–C) groups is 1. The highest BCUT2D eigenvalue weighted by atomic mass is 127. The normalized spacial score (nSPS) is 21.4. The lowest BCUT2D eigenvalue weighted by molar-refractivity contribution is -0.140. The first-order valence-corrected chi connectivity index (χ1v) is 12.0. The minimum absolute atomic E-state index is 0. The van der Waals surface area contributed by atoms with E-state index in [0.29, 0.717) is 12.5 Å². The number of hydrogen-bond donors (Lipinski definition) is 1. The second-order valence-corrected chi connectivity index (χ2v) is 8.87. The van der Waals surface area contributed by atoms with E-state index in [-0.39, 0.29) is 29.9 Å². The number of ether oxygens (including phenoxy) is 1. The summed E-state index contributed by atoms with van der Waals surface area (Å²) in [7, 11) is 3.35. The fraction of sp³-hybridized carbons (Fsp3) is 0.680. The molecule has 2 heterocycles. The highest BCUT2D eigenvalue weighted by Gasteiger charge is 2.36. The van der Waals surface area contributed by atoms with Crippen LogP contribution in [-0.2, 0) is 16.1 Å². The maximum absolute atomic E-state index is 11.2. The van der Waals surface area contributed by atoms with Crippen LogP contribution in [0.2, 0.25) is 0 Å². The van der Waals surface area contributed by atoms with Crippen molar-refractivity contribution < 1.29 is 9.53 Å². The van der Waals surface area contributed by atoms with E-state index in [0.717, 1.165) is 63.7 Å². The van der Waals surface area contributed by atoms with Crippen LogP contribution in [0.5, 0.6) is 0 Å². The van der Waals surface area contributed by atoms with Gasteiger partial charge < -0.3 is 15.0 Å². The molecule has 6 nitrogen and oxygen atoms in total. The average molecular weight is 557 g/mol. The Morgan fingerprint density at radius 3 is 2.66 bits per heavy atom.